The Morgan fingerprint density at radius 1 is 0.909 bits per heavy atom. The zero-order valence-electron chi connectivity index (χ0n) is 18.4. The second-order valence-corrected chi connectivity index (χ2v) is 8.73. The third kappa shape index (κ3) is 3.21. The van der Waals surface area contributed by atoms with Crippen LogP contribution in [0.15, 0.2) is 96.3 Å². The number of aromatic nitrogens is 1. The number of nitrogens with one attached hydrogen (secondary N) is 1. The van der Waals surface area contributed by atoms with Crippen molar-refractivity contribution in [2.24, 2.45) is 0 Å². The van der Waals surface area contributed by atoms with Gasteiger partial charge in [0.2, 0.25) is 0 Å². The van der Waals surface area contributed by atoms with Gasteiger partial charge in [0.1, 0.15) is 5.75 Å². The summed E-state index contributed by atoms with van der Waals surface area (Å²) in [5, 5.41) is 4.71. The van der Waals surface area contributed by atoms with Crippen molar-refractivity contribution in [2.45, 2.75) is 24.7 Å². The summed E-state index contributed by atoms with van der Waals surface area (Å²) in [5.41, 5.74) is 7.15. The predicted molar refractivity (Wildman–Crippen MR) is 131 cm³/mol. The quantitative estimate of drug-likeness (QED) is 0.419. The van der Waals surface area contributed by atoms with E-state index in [0.29, 0.717) is 6.42 Å². The third-order valence-electron chi connectivity index (χ3n) is 6.92. The number of anilines is 1. The summed E-state index contributed by atoms with van der Waals surface area (Å²) in [6, 6.07) is 26.6. The summed E-state index contributed by atoms with van der Waals surface area (Å²) < 4.78 is 5.76. The van der Waals surface area contributed by atoms with E-state index in [4.69, 9.17) is 4.74 Å². The number of nitrogens with zero attached hydrogens (tertiary/aromatic N) is 1. The van der Waals surface area contributed by atoms with Crippen molar-refractivity contribution in [1.82, 2.24) is 4.98 Å². The number of carbonyl (C=O) groups excluding carboxylic acids is 1. The Bertz CT molecular complexity index is 1410. The lowest BCUT2D eigenvalue weighted by Gasteiger charge is -2.37. The largest absolute Gasteiger partial charge is 0.496 e. The predicted octanol–water partition coefficient (Wildman–Crippen LogP) is 6.20. The first kappa shape index (κ1) is 19.7. The van der Waals surface area contributed by atoms with Crippen LogP contribution in [-0.2, 0) is 4.79 Å². The summed E-state index contributed by atoms with van der Waals surface area (Å²) in [7, 11) is 1.69. The van der Waals surface area contributed by atoms with Gasteiger partial charge in [-0.1, -0.05) is 54.6 Å². The van der Waals surface area contributed by atoms with Crippen molar-refractivity contribution in [3.63, 3.8) is 0 Å². The van der Waals surface area contributed by atoms with Gasteiger partial charge in [0, 0.05) is 46.4 Å². The van der Waals surface area contributed by atoms with Crippen LogP contribution in [-0.4, -0.2) is 17.9 Å². The van der Waals surface area contributed by atoms with Gasteiger partial charge in [0.15, 0.2) is 5.78 Å². The highest BCUT2D eigenvalue weighted by Gasteiger charge is 2.40. The summed E-state index contributed by atoms with van der Waals surface area (Å²) in [5.74, 6) is 0.956. The molecule has 33 heavy (non-hydrogen) atoms. The Balaban J connectivity index is 1.58. The fourth-order valence-electron chi connectivity index (χ4n) is 5.46. The topological polar surface area (TPSA) is 51.2 Å². The zero-order valence-corrected chi connectivity index (χ0v) is 18.4. The van der Waals surface area contributed by atoms with Crippen molar-refractivity contribution < 1.29 is 9.53 Å². The fraction of sp³-hybridized carbons (Fsp3) is 0.172. The normalized spacial score (nSPS) is 19.6. The molecule has 2 aliphatic rings. The van der Waals surface area contributed by atoms with E-state index in [1.165, 1.54) is 5.56 Å². The SMILES string of the molecule is COc1ccccc1C1C2=C(CC(c3ccccc3)CC2=O)Nc2ccc3ncccc3c21. The number of ketones is 1. The van der Waals surface area contributed by atoms with Crippen molar-refractivity contribution >= 4 is 22.4 Å². The second kappa shape index (κ2) is 7.89. The zero-order chi connectivity index (χ0) is 22.4. The van der Waals surface area contributed by atoms with Gasteiger partial charge in [-0.3, -0.25) is 9.78 Å². The van der Waals surface area contributed by atoms with E-state index in [2.05, 4.69) is 40.6 Å². The summed E-state index contributed by atoms with van der Waals surface area (Å²) in [6.07, 6.45) is 3.12. The molecule has 0 amide bonds. The number of hydrogen-bond acceptors (Lipinski definition) is 4. The molecule has 4 nitrogen and oxygen atoms in total. The molecule has 0 saturated carbocycles. The molecule has 2 atom stereocenters. The number of benzene rings is 3. The maximum atomic E-state index is 13.8. The van der Waals surface area contributed by atoms with Gasteiger partial charge in [-0.25, -0.2) is 0 Å². The lowest BCUT2D eigenvalue weighted by molar-refractivity contribution is -0.116. The molecule has 0 spiro atoms. The molecule has 1 aromatic heterocycles. The molecule has 0 fully saturated rings. The van der Waals surface area contributed by atoms with Crippen LogP contribution in [0.1, 0.15) is 41.4 Å². The van der Waals surface area contributed by atoms with E-state index in [1.807, 2.05) is 54.7 Å². The lowest BCUT2D eigenvalue weighted by Crippen LogP contribution is -2.30. The summed E-state index contributed by atoms with van der Waals surface area (Å²) in [4.78, 5) is 18.4. The summed E-state index contributed by atoms with van der Waals surface area (Å²) in [6.45, 7) is 0. The van der Waals surface area contributed by atoms with Crippen molar-refractivity contribution in [3.05, 3.63) is 113 Å². The molecular formula is C29H24N2O2. The van der Waals surface area contributed by atoms with Crippen LogP contribution in [0.2, 0.25) is 0 Å². The minimum absolute atomic E-state index is 0.173. The lowest BCUT2D eigenvalue weighted by atomic mass is 9.71. The van der Waals surface area contributed by atoms with Gasteiger partial charge >= 0.3 is 0 Å². The third-order valence-corrected chi connectivity index (χ3v) is 6.92. The van der Waals surface area contributed by atoms with Gasteiger partial charge < -0.3 is 10.1 Å². The Hall–Kier alpha value is -3.92. The van der Waals surface area contributed by atoms with Gasteiger partial charge in [0.05, 0.1) is 12.6 Å². The number of Topliss-reactive ketones (excluding diaryl/α,β-unsaturated/α-hetero) is 1. The van der Waals surface area contributed by atoms with Gasteiger partial charge in [-0.2, -0.15) is 0 Å². The van der Waals surface area contributed by atoms with Crippen LogP contribution in [0, 0.1) is 0 Å². The molecular weight excluding hydrogens is 408 g/mol. The second-order valence-electron chi connectivity index (χ2n) is 8.73. The van der Waals surface area contributed by atoms with Gasteiger partial charge in [-0.05, 0) is 47.7 Å². The first-order valence-corrected chi connectivity index (χ1v) is 11.3. The van der Waals surface area contributed by atoms with Crippen LogP contribution in [0.5, 0.6) is 5.75 Å². The molecule has 0 radical (unpaired) electrons. The summed E-state index contributed by atoms with van der Waals surface area (Å²) >= 11 is 0. The molecule has 0 saturated heterocycles. The minimum atomic E-state index is -0.204. The average Bonchev–Trinajstić information content (AvgIpc) is 2.87. The number of para-hydroxylation sites is 1. The van der Waals surface area contributed by atoms with E-state index in [0.717, 1.165) is 51.2 Å². The number of fused-ring (bicyclic) bond motifs is 3. The highest BCUT2D eigenvalue weighted by molar-refractivity contribution is 6.04. The molecule has 162 valence electrons. The Labute approximate surface area is 192 Å². The van der Waals surface area contributed by atoms with Crippen LogP contribution in [0.3, 0.4) is 0 Å². The van der Waals surface area contributed by atoms with Gasteiger partial charge in [0.25, 0.3) is 0 Å². The van der Waals surface area contributed by atoms with Crippen LogP contribution < -0.4 is 10.1 Å². The molecule has 3 aromatic carbocycles. The molecule has 0 bridgehead atoms. The van der Waals surface area contributed by atoms with E-state index in [1.54, 1.807) is 7.11 Å². The standard InChI is InChI=1S/C29H24N2O2/c1-33-26-12-6-5-10-21(26)28-27-20-11-7-15-30-22(20)13-14-23(27)31-24-16-19(17-25(32)29(24)28)18-8-3-2-4-9-18/h2-15,19,28,31H,16-17H2,1H3. The number of ether oxygens (including phenoxy) is 1. The number of rotatable bonds is 3. The fourth-order valence-corrected chi connectivity index (χ4v) is 5.46. The number of allylic oxidation sites excluding steroid dienone is 2. The minimum Gasteiger partial charge on any atom is -0.496 e. The molecule has 4 aromatic rings. The molecule has 6 rings (SSSR count). The monoisotopic (exact) mass is 432 g/mol. The molecule has 1 aliphatic carbocycles. The molecule has 4 heteroatoms. The Kier molecular flexibility index (Phi) is 4.72. The molecule has 1 N–H and O–H groups in total. The van der Waals surface area contributed by atoms with E-state index in [9.17, 15) is 4.79 Å². The van der Waals surface area contributed by atoms with E-state index < -0.39 is 0 Å². The Morgan fingerprint density at radius 2 is 1.73 bits per heavy atom. The maximum Gasteiger partial charge on any atom is 0.162 e. The Morgan fingerprint density at radius 3 is 2.58 bits per heavy atom. The van der Waals surface area contributed by atoms with Crippen LogP contribution in [0.25, 0.3) is 10.9 Å². The number of hydrogen-bond donors (Lipinski definition) is 1. The first-order valence-electron chi connectivity index (χ1n) is 11.3. The van der Waals surface area contributed by atoms with Crippen molar-refractivity contribution in [2.75, 3.05) is 12.4 Å². The van der Waals surface area contributed by atoms with Gasteiger partial charge in [-0.15, -0.1) is 0 Å². The molecule has 2 unspecified atom stereocenters. The van der Waals surface area contributed by atoms with E-state index in [-0.39, 0.29) is 17.6 Å². The van der Waals surface area contributed by atoms with Crippen LogP contribution >= 0.6 is 0 Å². The number of pyridine rings is 1. The highest BCUT2D eigenvalue weighted by atomic mass is 16.5. The maximum absolute atomic E-state index is 13.8. The van der Waals surface area contributed by atoms with Crippen molar-refractivity contribution in [1.29, 1.82) is 0 Å². The highest BCUT2D eigenvalue weighted by Crippen LogP contribution is 2.51. The number of carbonyl (C=O) groups is 1. The molecule has 2 heterocycles. The average molecular weight is 433 g/mol. The number of methoxy groups -OCH3 is 1. The smallest absolute Gasteiger partial charge is 0.162 e. The molecule has 1 aliphatic heterocycles. The van der Waals surface area contributed by atoms with Crippen molar-refractivity contribution in [3.8, 4) is 5.75 Å². The first-order chi connectivity index (χ1) is 16.2. The van der Waals surface area contributed by atoms with Crippen LogP contribution in [0.4, 0.5) is 5.69 Å². The van der Waals surface area contributed by atoms with E-state index >= 15 is 0 Å².